The number of pyridine rings is 1. The van der Waals surface area contributed by atoms with Crippen molar-refractivity contribution in [3.63, 3.8) is 0 Å². The van der Waals surface area contributed by atoms with Crippen LogP contribution in [-0.2, 0) is 0 Å². The average molecular weight is 151 g/mol. The first-order valence-corrected chi connectivity index (χ1v) is 3.99. The summed E-state index contributed by atoms with van der Waals surface area (Å²) in [6, 6.07) is 4.52. The molecule has 1 atom stereocenters. The van der Waals surface area contributed by atoms with Gasteiger partial charge in [0.05, 0.1) is 0 Å². The molecule has 1 rings (SSSR count). The summed E-state index contributed by atoms with van der Waals surface area (Å²) in [5.41, 5.74) is 6.32. The Labute approximate surface area is 67.5 Å². The van der Waals surface area contributed by atoms with E-state index < -0.39 is 0 Å². The van der Waals surface area contributed by atoms with Gasteiger partial charge in [-0.25, -0.2) is 0 Å². The minimum atomic E-state index is 0.392. The summed E-state index contributed by atoms with van der Waals surface area (Å²) in [6.45, 7) is 4.13. The molecule has 0 radical (unpaired) electrons. The number of aryl methyl sites for hydroxylation is 1. The topological polar surface area (TPSA) is 40.5 Å². The third-order valence-corrected chi connectivity index (χ3v) is 1.90. The van der Waals surface area contributed by atoms with E-state index in [9.17, 15) is 0 Å². The van der Waals surface area contributed by atoms with Crippen LogP contribution >= 0.6 is 0 Å². The second kappa shape index (κ2) is 3.49. The molecule has 3 N–H and O–H groups in total. The van der Waals surface area contributed by atoms with E-state index in [1.54, 1.807) is 0 Å². The lowest BCUT2D eigenvalue weighted by atomic mass is 10.1. The first-order chi connectivity index (χ1) is 5.24. The first-order valence-electron chi connectivity index (χ1n) is 3.99. The fraction of sp³-hybridized carbons (Fsp3) is 0.444. The van der Waals surface area contributed by atoms with Gasteiger partial charge in [0.2, 0.25) is 0 Å². The van der Waals surface area contributed by atoms with Crippen molar-refractivity contribution >= 4 is 0 Å². The molecule has 1 aromatic rings. The zero-order chi connectivity index (χ0) is 8.27. The SMILES string of the molecule is CCC([NH3+])c1ccc(C)nc1. The van der Waals surface area contributed by atoms with Gasteiger partial charge in [0.15, 0.2) is 0 Å². The van der Waals surface area contributed by atoms with Crippen LogP contribution in [0.15, 0.2) is 18.3 Å². The highest BCUT2D eigenvalue weighted by Crippen LogP contribution is 2.09. The molecule has 2 nitrogen and oxygen atoms in total. The zero-order valence-electron chi connectivity index (χ0n) is 7.17. The molecule has 1 heterocycles. The van der Waals surface area contributed by atoms with Gasteiger partial charge < -0.3 is 5.73 Å². The van der Waals surface area contributed by atoms with E-state index in [1.807, 2.05) is 19.2 Å². The lowest BCUT2D eigenvalue weighted by Crippen LogP contribution is -2.53. The molecular weight excluding hydrogens is 136 g/mol. The molecule has 1 aromatic heterocycles. The predicted octanol–water partition coefficient (Wildman–Crippen LogP) is 1.08. The van der Waals surface area contributed by atoms with Crippen molar-refractivity contribution in [1.29, 1.82) is 0 Å². The zero-order valence-corrected chi connectivity index (χ0v) is 7.17. The summed E-state index contributed by atoms with van der Waals surface area (Å²) < 4.78 is 0. The second-order valence-electron chi connectivity index (χ2n) is 2.84. The maximum absolute atomic E-state index is 4.21. The Bertz CT molecular complexity index is 216. The molecule has 0 amide bonds. The number of nitrogens with zero attached hydrogens (tertiary/aromatic N) is 1. The van der Waals surface area contributed by atoms with Crippen LogP contribution in [0, 0.1) is 6.92 Å². The third-order valence-electron chi connectivity index (χ3n) is 1.90. The molecular formula is C9H15N2+. The van der Waals surface area contributed by atoms with Gasteiger partial charge in [-0.2, -0.15) is 0 Å². The van der Waals surface area contributed by atoms with E-state index in [0.29, 0.717) is 6.04 Å². The number of quaternary nitrogens is 1. The normalized spacial score (nSPS) is 13.0. The lowest BCUT2D eigenvalue weighted by molar-refractivity contribution is -0.427. The summed E-state index contributed by atoms with van der Waals surface area (Å²) in [6.07, 6.45) is 2.99. The summed E-state index contributed by atoms with van der Waals surface area (Å²) in [5, 5.41) is 0. The smallest absolute Gasteiger partial charge is 0.111 e. The minimum Gasteiger partial charge on any atom is -0.351 e. The summed E-state index contributed by atoms with van der Waals surface area (Å²) in [5.74, 6) is 0. The van der Waals surface area contributed by atoms with E-state index in [1.165, 1.54) is 5.56 Å². The van der Waals surface area contributed by atoms with Crippen LogP contribution in [0.2, 0.25) is 0 Å². The van der Waals surface area contributed by atoms with Crippen LogP contribution in [0.5, 0.6) is 0 Å². The monoisotopic (exact) mass is 151 g/mol. The second-order valence-corrected chi connectivity index (χ2v) is 2.84. The maximum Gasteiger partial charge on any atom is 0.111 e. The van der Waals surface area contributed by atoms with Gasteiger partial charge in [-0.05, 0) is 19.1 Å². The van der Waals surface area contributed by atoms with E-state index in [2.05, 4.69) is 23.7 Å². The van der Waals surface area contributed by atoms with Crippen molar-refractivity contribution < 1.29 is 5.73 Å². The van der Waals surface area contributed by atoms with Gasteiger partial charge >= 0.3 is 0 Å². The number of hydrogen-bond acceptors (Lipinski definition) is 1. The van der Waals surface area contributed by atoms with Crippen molar-refractivity contribution in [2.45, 2.75) is 26.3 Å². The van der Waals surface area contributed by atoms with Crippen LogP contribution in [0.3, 0.4) is 0 Å². The van der Waals surface area contributed by atoms with Gasteiger partial charge in [0.25, 0.3) is 0 Å². The van der Waals surface area contributed by atoms with Crippen LogP contribution in [0.25, 0.3) is 0 Å². The average Bonchev–Trinajstić information content (AvgIpc) is 2.05. The fourth-order valence-corrected chi connectivity index (χ4v) is 0.956. The van der Waals surface area contributed by atoms with Crippen LogP contribution in [0.1, 0.15) is 30.6 Å². The van der Waals surface area contributed by atoms with E-state index >= 15 is 0 Å². The molecule has 0 spiro atoms. The Kier molecular flexibility index (Phi) is 2.60. The highest BCUT2D eigenvalue weighted by Gasteiger charge is 2.05. The van der Waals surface area contributed by atoms with Crippen molar-refractivity contribution in [2.24, 2.45) is 0 Å². The molecule has 0 aromatic carbocycles. The molecule has 0 aliphatic rings. The van der Waals surface area contributed by atoms with Crippen LogP contribution in [0.4, 0.5) is 0 Å². The number of rotatable bonds is 2. The quantitative estimate of drug-likeness (QED) is 0.675. The molecule has 0 saturated carbocycles. The standard InChI is InChI=1S/C9H14N2/c1-3-9(10)8-5-4-7(2)11-6-8/h4-6,9H,3,10H2,1-2H3/p+1. The molecule has 2 heteroatoms. The number of hydrogen-bond donors (Lipinski definition) is 1. The molecule has 0 aliphatic carbocycles. The van der Waals surface area contributed by atoms with Gasteiger partial charge in [-0.1, -0.05) is 6.92 Å². The molecule has 0 fully saturated rings. The Morgan fingerprint density at radius 2 is 2.27 bits per heavy atom. The summed E-state index contributed by atoms with van der Waals surface area (Å²) >= 11 is 0. The Morgan fingerprint density at radius 1 is 1.55 bits per heavy atom. The largest absolute Gasteiger partial charge is 0.351 e. The Hall–Kier alpha value is -0.890. The maximum atomic E-state index is 4.21. The van der Waals surface area contributed by atoms with Gasteiger partial charge in [-0.15, -0.1) is 0 Å². The van der Waals surface area contributed by atoms with Crippen molar-refractivity contribution in [2.75, 3.05) is 0 Å². The molecule has 0 aliphatic heterocycles. The van der Waals surface area contributed by atoms with Crippen molar-refractivity contribution in [3.05, 3.63) is 29.6 Å². The number of aromatic nitrogens is 1. The molecule has 11 heavy (non-hydrogen) atoms. The van der Waals surface area contributed by atoms with Crippen LogP contribution in [-0.4, -0.2) is 4.98 Å². The lowest BCUT2D eigenvalue weighted by Gasteiger charge is -2.04. The van der Waals surface area contributed by atoms with Crippen molar-refractivity contribution in [1.82, 2.24) is 4.98 Å². The predicted molar refractivity (Wildman–Crippen MR) is 44.9 cm³/mol. The van der Waals surface area contributed by atoms with Gasteiger partial charge in [0.1, 0.15) is 6.04 Å². The molecule has 1 unspecified atom stereocenters. The Morgan fingerprint density at radius 3 is 2.73 bits per heavy atom. The van der Waals surface area contributed by atoms with Gasteiger partial charge in [-0.3, -0.25) is 4.98 Å². The van der Waals surface area contributed by atoms with E-state index in [0.717, 1.165) is 12.1 Å². The van der Waals surface area contributed by atoms with Crippen molar-refractivity contribution in [3.8, 4) is 0 Å². The van der Waals surface area contributed by atoms with Crippen LogP contribution < -0.4 is 5.73 Å². The molecule has 60 valence electrons. The minimum absolute atomic E-state index is 0.392. The molecule has 0 bridgehead atoms. The third kappa shape index (κ3) is 2.02. The van der Waals surface area contributed by atoms with E-state index in [4.69, 9.17) is 0 Å². The summed E-state index contributed by atoms with van der Waals surface area (Å²) in [7, 11) is 0. The summed E-state index contributed by atoms with van der Waals surface area (Å²) in [4.78, 5) is 4.21. The Balaban J connectivity index is 2.81. The first kappa shape index (κ1) is 8.21. The van der Waals surface area contributed by atoms with E-state index in [-0.39, 0.29) is 0 Å². The molecule has 0 saturated heterocycles. The highest BCUT2D eigenvalue weighted by atomic mass is 14.7. The van der Waals surface area contributed by atoms with Gasteiger partial charge in [0, 0.05) is 23.9 Å². The fourth-order valence-electron chi connectivity index (χ4n) is 0.956. The highest BCUT2D eigenvalue weighted by molar-refractivity contribution is 5.14.